The van der Waals surface area contributed by atoms with Crippen LogP contribution in [0.4, 0.5) is 0 Å². The minimum atomic E-state index is 0.492. The Morgan fingerprint density at radius 3 is 2.96 bits per heavy atom. The summed E-state index contributed by atoms with van der Waals surface area (Å²) in [6.45, 7) is 2.86. The van der Waals surface area contributed by atoms with Crippen molar-refractivity contribution in [2.24, 2.45) is 0 Å². The first-order chi connectivity index (χ1) is 13.7. The van der Waals surface area contributed by atoms with Gasteiger partial charge in [-0.05, 0) is 55.2 Å². The van der Waals surface area contributed by atoms with E-state index < -0.39 is 0 Å². The highest BCUT2D eigenvalue weighted by Crippen LogP contribution is 2.36. The van der Waals surface area contributed by atoms with Crippen molar-refractivity contribution in [2.45, 2.75) is 32.2 Å². The van der Waals surface area contributed by atoms with Gasteiger partial charge >= 0.3 is 0 Å². The average molecular weight is 391 g/mol. The maximum atomic E-state index is 6.13. The number of H-pyrrole nitrogens is 1. The number of benzene rings is 1. The molecule has 0 amide bonds. The molecule has 0 radical (unpaired) electrons. The lowest BCUT2D eigenvalue weighted by atomic mass is 10.0. The SMILES string of the molecule is Cc1[nH]nnc1-c1ccnc(-c2cn(C[C@@H]3CCc4cc(Cl)ccc43)cn2)c1. The molecule has 0 bridgehead atoms. The predicted octanol–water partition coefficient (Wildman–Crippen LogP) is 4.42. The molecule has 5 rings (SSSR count). The van der Waals surface area contributed by atoms with Crippen molar-refractivity contribution in [1.82, 2.24) is 29.9 Å². The largest absolute Gasteiger partial charge is 0.336 e. The average Bonchev–Trinajstić information content (AvgIpc) is 3.43. The summed E-state index contributed by atoms with van der Waals surface area (Å²) in [5.41, 5.74) is 7.21. The molecule has 1 N–H and O–H groups in total. The maximum absolute atomic E-state index is 6.13. The molecule has 140 valence electrons. The van der Waals surface area contributed by atoms with Gasteiger partial charge in [0.2, 0.25) is 0 Å². The Hall–Kier alpha value is -2.99. The van der Waals surface area contributed by atoms with Gasteiger partial charge in [-0.3, -0.25) is 10.1 Å². The van der Waals surface area contributed by atoms with Crippen LogP contribution in [0.5, 0.6) is 0 Å². The third-order valence-corrected chi connectivity index (χ3v) is 5.63. The van der Waals surface area contributed by atoms with Gasteiger partial charge in [-0.15, -0.1) is 5.10 Å². The zero-order valence-electron chi connectivity index (χ0n) is 15.4. The third kappa shape index (κ3) is 3.10. The van der Waals surface area contributed by atoms with Crippen molar-refractivity contribution in [3.8, 4) is 22.6 Å². The van der Waals surface area contributed by atoms with Gasteiger partial charge in [0.05, 0.1) is 17.7 Å². The summed E-state index contributed by atoms with van der Waals surface area (Å²) in [6.07, 6.45) is 7.97. The molecule has 3 aromatic heterocycles. The van der Waals surface area contributed by atoms with Crippen LogP contribution in [0.15, 0.2) is 49.1 Å². The zero-order chi connectivity index (χ0) is 19.1. The highest BCUT2D eigenvalue weighted by Gasteiger charge is 2.23. The molecular weight excluding hydrogens is 372 g/mol. The monoisotopic (exact) mass is 390 g/mol. The number of aryl methyl sites for hydroxylation is 2. The van der Waals surface area contributed by atoms with Gasteiger partial charge in [-0.2, -0.15) is 0 Å². The van der Waals surface area contributed by atoms with Gasteiger partial charge in [0.15, 0.2) is 0 Å². The number of aromatic amines is 1. The molecule has 4 aromatic rings. The second-order valence-electron chi connectivity index (χ2n) is 7.25. The van der Waals surface area contributed by atoms with Crippen molar-refractivity contribution in [2.75, 3.05) is 0 Å². The van der Waals surface area contributed by atoms with E-state index in [9.17, 15) is 0 Å². The van der Waals surface area contributed by atoms with Crippen LogP contribution >= 0.6 is 11.6 Å². The summed E-state index contributed by atoms with van der Waals surface area (Å²) in [4.78, 5) is 9.07. The highest BCUT2D eigenvalue weighted by molar-refractivity contribution is 6.30. The number of rotatable bonds is 4. The summed E-state index contributed by atoms with van der Waals surface area (Å²) in [5, 5.41) is 11.7. The number of fused-ring (bicyclic) bond motifs is 1. The fraction of sp³-hybridized carbons (Fsp3) is 0.238. The van der Waals surface area contributed by atoms with Crippen LogP contribution in [0.3, 0.4) is 0 Å². The van der Waals surface area contributed by atoms with Crippen LogP contribution in [0.25, 0.3) is 22.6 Å². The summed E-state index contributed by atoms with van der Waals surface area (Å²) in [5.74, 6) is 0.492. The molecule has 28 heavy (non-hydrogen) atoms. The molecule has 0 spiro atoms. The number of pyridine rings is 1. The van der Waals surface area contributed by atoms with E-state index in [0.717, 1.165) is 52.7 Å². The van der Waals surface area contributed by atoms with E-state index in [1.807, 2.05) is 31.5 Å². The Bertz CT molecular complexity index is 1150. The summed E-state index contributed by atoms with van der Waals surface area (Å²) < 4.78 is 2.15. The quantitative estimate of drug-likeness (QED) is 0.559. The Morgan fingerprint density at radius 2 is 2.11 bits per heavy atom. The smallest absolute Gasteiger partial charge is 0.115 e. The first-order valence-corrected chi connectivity index (χ1v) is 9.70. The van der Waals surface area contributed by atoms with E-state index in [1.165, 1.54) is 11.1 Å². The molecule has 0 unspecified atom stereocenters. The fourth-order valence-corrected chi connectivity index (χ4v) is 4.18. The number of hydrogen-bond donors (Lipinski definition) is 1. The molecule has 0 saturated carbocycles. The predicted molar refractivity (Wildman–Crippen MR) is 108 cm³/mol. The highest BCUT2D eigenvalue weighted by atomic mass is 35.5. The zero-order valence-corrected chi connectivity index (χ0v) is 16.2. The topological polar surface area (TPSA) is 72.3 Å². The Labute approximate surface area is 167 Å². The Morgan fingerprint density at radius 1 is 1.18 bits per heavy atom. The molecule has 0 aliphatic heterocycles. The number of halogens is 1. The van der Waals surface area contributed by atoms with E-state index in [0.29, 0.717) is 5.92 Å². The lowest BCUT2D eigenvalue weighted by molar-refractivity contribution is 0.555. The van der Waals surface area contributed by atoms with Crippen LogP contribution < -0.4 is 0 Å². The minimum absolute atomic E-state index is 0.492. The molecule has 6 nitrogen and oxygen atoms in total. The fourth-order valence-electron chi connectivity index (χ4n) is 3.98. The molecule has 1 aliphatic carbocycles. The lowest BCUT2D eigenvalue weighted by Gasteiger charge is -2.12. The van der Waals surface area contributed by atoms with Crippen LogP contribution in [-0.4, -0.2) is 29.9 Å². The Balaban J connectivity index is 1.39. The molecule has 1 atom stereocenters. The molecule has 7 heteroatoms. The van der Waals surface area contributed by atoms with Crippen molar-refractivity contribution in [3.05, 3.63) is 70.9 Å². The van der Waals surface area contributed by atoms with Gasteiger partial charge < -0.3 is 4.57 Å². The number of hydrogen-bond acceptors (Lipinski definition) is 4. The van der Waals surface area contributed by atoms with Gasteiger partial charge in [0.1, 0.15) is 11.4 Å². The van der Waals surface area contributed by atoms with E-state index in [1.54, 1.807) is 6.20 Å². The molecule has 1 aromatic carbocycles. The molecule has 1 aliphatic rings. The molecule has 0 saturated heterocycles. The third-order valence-electron chi connectivity index (χ3n) is 5.39. The molecule has 0 fully saturated rings. The second kappa shape index (κ2) is 6.87. The minimum Gasteiger partial charge on any atom is -0.336 e. The van der Waals surface area contributed by atoms with Gasteiger partial charge in [-0.25, -0.2) is 4.98 Å². The number of nitrogens with zero attached hydrogens (tertiary/aromatic N) is 5. The number of nitrogens with one attached hydrogen (secondary N) is 1. The first-order valence-electron chi connectivity index (χ1n) is 9.32. The van der Waals surface area contributed by atoms with Crippen LogP contribution in [0, 0.1) is 6.92 Å². The van der Waals surface area contributed by atoms with E-state index in [-0.39, 0.29) is 0 Å². The molecule has 3 heterocycles. The molecular formula is C21H19ClN6. The lowest BCUT2D eigenvalue weighted by Crippen LogP contribution is -2.04. The van der Waals surface area contributed by atoms with Crippen LogP contribution in [0.2, 0.25) is 5.02 Å². The maximum Gasteiger partial charge on any atom is 0.115 e. The van der Waals surface area contributed by atoms with Crippen LogP contribution in [0.1, 0.15) is 29.2 Å². The first kappa shape index (κ1) is 17.1. The summed E-state index contributed by atoms with van der Waals surface area (Å²) in [7, 11) is 0. The van der Waals surface area contributed by atoms with Crippen LogP contribution in [-0.2, 0) is 13.0 Å². The number of imidazole rings is 1. The van der Waals surface area contributed by atoms with Crippen molar-refractivity contribution in [1.29, 1.82) is 0 Å². The van der Waals surface area contributed by atoms with E-state index >= 15 is 0 Å². The summed E-state index contributed by atoms with van der Waals surface area (Å²) in [6, 6.07) is 10.2. The van der Waals surface area contributed by atoms with Crippen molar-refractivity contribution in [3.63, 3.8) is 0 Å². The normalized spacial score (nSPS) is 15.7. The van der Waals surface area contributed by atoms with E-state index in [4.69, 9.17) is 11.6 Å². The Kier molecular flexibility index (Phi) is 4.20. The van der Waals surface area contributed by atoms with Gasteiger partial charge in [0.25, 0.3) is 0 Å². The number of aromatic nitrogens is 6. The van der Waals surface area contributed by atoms with Crippen molar-refractivity contribution >= 4 is 11.6 Å². The summed E-state index contributed by atoms with van der Waals surface area (Å²) >= 11 is 6.13. The van der Waals surface area contributed by atoms with Crippen molar-refractivity contribution < 1.29 is 0 Å². The standard InChI is InChI=1S/C21H19ClN6/c1-13-21(26-27-25-13)15-6-7-23-19(9-15)20-11-28(12-24-20)10-16-3-2-14-8-17(22)4-5-18(14)16/h4-9,11-12,16H,2-3,10H2,1H3,(H,25,26,27)/t16-/m0/s1. The second-order valence-corrected chi connectivity index (χ2v) is 7.69. The van der Waals surface area contributed by atoms with E-state index in [2.05, 4.69) is 48.3 Å². The van der Waals surface area contributed by atoms with Gasteiger partial charge in [0, 0.05) is 35.4 Å². The van der Waals surface area contributed by atoms with Gasteiger partial charge in [-0.1, -0.05) is 22.9 Å².